The summed E-state index contributed by atoms with van der Waals surface area (Å²) in [6.45, 7) is 3.70. The van der Waals surface area contributed by atoms with E-state index in [1.807, 2.05) is 0 Å². The van der Waals surface area contributed by atoms with Crippen LogP contribution in [0, 0.1) is 11.3 Å². The lowest BCUT2D eigenvalue weighted by atomic mass is 9.58. The molecule has 3 unspecified atom stereocenters. The van der Waals surface area contributed by atoms with Crippen LogP contribution in [0.1, 0.15) is 27.2 Å². The summed E-state index contributed by atoms with van der Waals surface area (Å²) in [5.74, 6) is -4.01. The molecule has 1 saturated carbocycles. The molecule has 0 aromatic heterocycles. The van der Waals surface area contributed by atoms with E-state index in [0.717, 1.165) is 13.8 Å². The molecule has 3 atom stereocenters. The van der Waals surface area contributed by atoms with Gasteiger partial charge in [0.1, 0.15) is 0 Å². The first-order valence-electron chi connectivity index (χ1n) is 6.12. The Kier molecular flexibility index (Phi) is 4.90. The normalized spacial score (nSPS) is 33.9. The molecule has 1 aliphatic rings. The first-order chi connectivity index (χ1) is 9.39. The second-order valence-electron chi connectivity index (χ2n) is 6.40. The molecule has 0 saturated heterocycles. The SMILES string of the molecule is CC1(C)CC(C)(Br)C(Br)C(=O)C1C(O)(C(F)(F)F)C(F)(F)F. The van der Waals surface area contributed by atoms with Crippen LogP contribution >= 0.6 is 31.9 Å². The fourth-order valence-corrected chi connectivity index (χ4v) is 4.54. The molecule has 0 bridgehead atoms. The lowest BCUT2D eigenvalue weighted by Crippen LogP contribution is -2.70. The van der Waals surface area contributed by atoms with Gasteiger partial charge in [-0.25, -0.2) is 0 Å². The Morgan fingerprint density at radius 1 is 1.09 bits per heavy atom. The van der Waals surface area contributed by atoms with Crippen molar-refractivity contribution >= 4 is 37.6 Å². The minimum absolute atomic E-state index is 0.180. The number of rotatable bonds is 1. The van der Waals surface area contributed by atoms with Gasteiger partial charge in [-0.2, -0.15) is 26.3 Å². The summed E-state index contributed by atoms with van der Waals surface area (Å²) in [7, 11) is 0. The molecule has 0 aromatic rings. The molecular weight excluding hydrogens is 450 g/mol. The number of hydrogen-bond donors (Lipinski definition) is 1. The van der Waals surface area contributed by atoms with Gasteiger partial charge in [0, 0.05) is 4.32 Å². The van der Waals surface area contributed by atoms with E-state index in [1.54, 1.807) is 0 Å². The Labute approximate surface area is 139 Å². The first-order valence-corrected chi connectivity index (χ1v) is 7.83. The predicted molar refractivity (Wildman–Crippen MR) is 74.0 cm³/mol. The van der Waals surface area contributed by atoms with E-state index >= 15 is 0 Å². The minimum Gasteiger partial charge on any atom is -0.373 e. The molecule has 22 heavy (non-hydrogen) atoms. The number of ketones is 1. The Morgan fingerprint density at radius 3 is 1.77 bits per heavy atom. The third-order valence-corrected chi connectivity index (χ3v) is 6.74. The Morgan fingerprint density at radius 2 is 1.45 bits per heavy atom. The maximum Gasteiger partial charge on any atom is 0.427 e. The third-order valence-electron chi connectivity index (χ3n) is 3.93. The van der Waals surface area contributed by atoms with Gasteiger partial charge in [0.15, 0.2) is 5.78 Å². The van der Waals surface area contributed by atoms with Crippen LogP contribution in [0.15, 0.2) is 0 Å². The molecule has 10 heteroatoms. The molecule has 0 spiro atoms. The van der Waals surface area contributed by atoms with Gasteiger partial charge in [-0.15, -0.1) is 0 Å². The fraction of sp³-hybridized carbons (Fsp3) is 0.917. The van der Waals surface area contributed by atoms with Gasteiger partial charge in [0.25, 0.3) is 5.60 Å². The lowest BCUT2D eigenvalue weighted by molar-refractivity contribution is -0.389. The topological polar surface area (TPSA) is 37.3 Å². The van der Waals surface area contributed by atoms with Crippen molar-refractivity contribution in [2.24, 2.45) is 11.3 Å². The van der Waals surface area contributed by atoms with Crippen LogP contribution in [0.4, 0.5) is 26.3 Å². The highest BCUT2D eigenvalue weighted by molar-refractivity contribution is 9.12. The van der Waals surface area contributed by atoms with Crippen molar-refractivity contribution in [3.05, 3.63) is 0 Å². The molecule has 1 aliphatic carbocycles. The number of carbonyl (C=O) groups is 1. The average Bonchev–Trinajstić information content (AvgIpc) is 2.20. The van der Waals surface area contributed by atoms with Gasteiger partial charge in [-0.3, -0.25) is 4.79 Å². The van der Waals surface area contributed by atoms with Gasteiger partial charge < -0.3 is 5.11 Å². The van der Waals surface area contributed by atoms with Crippen LogP contribution in [-0.4, -0.2) is 38.0 Å². The number of halogens is 8. The average molecular weight is 464 g/mol. The summed E-state index contributed by atoms with van der Waals surface area (Å²) >= 11 is 6.01. The molecule has 130 valence electrons. The third kappa shape index (κ3) is 2.94. The van der Waals surface area contributed by atoms with Crippen molar-refractivity contribution < 1.29 is 36.2 Å². The van der Waals surface area contributed by atoms with E-state index in [1.165, 1.54) is 6.92 Å². The van der Waals surface area contributed by atoms with Gasteiger partial charge in [-0.1, -0.05) is 45.7 Å². The van der Waals surface area contributed by atoms with Crippen LogP contribution in [-0.2, 0) is 4.79 Å². The minimum atomic E-state index is -6.03. The largest absolute Gasteiger partial charge is 0.427 e. The quantitative estimate of drug-likeness (QED) is 0.463. The molecule has 0 aromatic carbocycles. The van der Waals surface area contributed by atoms with E-state index in [0.29, 0.717) is 0 Å². The molecule has 2 nitrogen and oxygen atoms in total. The predicted octanol–water partition coefficient (Wildman–Crippen LogP) is 4.37. The van der Waals surface area contributed by atoms with Gasteiger partial charge in [0.2, 0.25) is 0 Å². The van der Waals surface area contributed by atoms with Crippen molar-refractivity contribution in [2.75, 3.05) is 0 Å². The van der Waals surface area contributed by atoms with Crippen LogP contribution in [0.25, 0.3) is 0 Å². The molecule has 0 aliphatic heterocycles. The summed E-state index contributed by atoms with van der Waals surface area (Å²) < 4.78 is 77.4. The second-order valence-corrected chi connectivity index (χ2v) is 9.13. The number of carbonyl (C=O) groups excluding carboxylic acids is 1. The molecule has 1 fully saturated rings. The highest BCUT2D eigenvalue weighted by atomic mass is 79.9. The number of aliphatic hydroxyl groups is 1. The van der Waals surface area contributed by atoms with Crippen molar-refractivity contribution in [1.82, 2.24) is 0 Å². The zero-order valence-corrected chi connectivity index (χ0v) is 14.9. The van der Waals surface area contributed by atoms with Gasteiger partial charge in [-0.05, 0) is 18.8 Å². The van der Waals surface area contributed by atoms with Gasteiger partial charge in [0.05, 0.1) is 10.7 Å². The lowest BCUT2D eigenvalue weighted by Gasteiger charge is -2.52. The molecular formula is C12H14Br2F6O2. The zero-order chi connectivity index (χ0) is 17.9. The van der Waals surface area contributed by atoms with Crippen LogP contribution in [0.3, 0.4) is 0 Å². The molecule has 1 rings (SSSR count). The Hall–Kier alpha value is 0.170. The van der Waals surface area contributed by atoms with E-state index < -0.39 is 44.2 Å². The molecule has 0 heterocycles. The maximum absolute atomic E-state index is 13.1. The number of hydrogen-bond acceptors (Lipinski definition) is 2. The Bertz CT molecular complexity index is 455. The number of Topliss-reactive ketones (excluding diaryl/α,β-unsaturated/α-hetero) is 1. The van der Waals surface area contributed by atoms with Crippen molar-refractivity contribution in [2.45, 2.75) is 54.3 Å². The second kappa shape index (κ2) is 5.34. The molecule has 0 amide bonds. The molecule has 1 N–H and O–H groups in total. The van der Waals surface area contributed by atoms with Crippen molar-refractivity contribution in [1.29, 1.82) is 0 Å². The van der Waals surface area contributed by atoms with Gasteiger partial charge >= 0.3 is 12.4 Å². The highest BCUT2D eigenvalue weighted by Gasteiger charge is 2.78. The maximum atomic E-state index is 13.1. The monoisotopic (exact) mass is 462 g/mol. The van der Waals surface area contributed by atoms with E-state index in [9.17, 15) is 36.2 Å². The highest BCUT2D eigenvalue weighted by Crippen LogP contribution is 2.59. The summed E-state index contributed by atoms with van der Waals surface area (Å²) in [4.78, 5) is 11.0. The number of alkyl halides is 8. The fourth-order valence-electron chi connectivity index (χ4n) is 3.17. The summed E-state index contributed by atoms with van der Waals surface area (Å²) in [5, 5.41) is 9.60. The summed E-state index contributed by atoms with van der Waals surface area (Å²) in [6.07, 6.45) is -12.2. The van der Waals surface area contributed by atoms with Crippen molar-refractivity contribution in [3.8, 4) is 0 Å². The first kappa shape index (κ1) is 20.2. The van der Waals surface area contributed by atoms with Crippen molar-refractivity contribution in [3.63, 3.8) is 0 Å². The van der Waals surface area contributed by atoms with Crippen LogP contribution < -0.4 is 0 Å². The Balaban J connectivity index is 3.59. The zero-order valence-electron chi connectivity index (χ0n) is 11.7. The van der Waals surface area contributed by atoms with E-state index in [-0.39, 0.29) is 6.42 Å². The summed E-state index contributed by atoms with van der Waals surface area (Å²) in [6, 6.07) is 0. The van der Waals surface area contributed by atoms with Crippen LogP contribution in [0.2, 0.25) is 0 Å². The smallest absolute Gasteiger partial charge is 0.373 e. The summed E-state index contributed by atoms with van der Waals surface area (Å²) in [5.41, 5.74) is -6.84. The van der Waals surface area contributed by atoms with E-state index in [4.69, 9.17) is 0 Å². The van der Waals surface area contributed by atoms with Crippen LogP contribution in [0.5, 0.6) is 0 Å². The molecule has 0 radical (unpaired) electrons. The standard InChI is InChI=1S/C12H14Br2F6O2/c1-8(2)4-9(3,14)7(13)5(21)6(8)10(22,11(15,16)17)12(18,19)20/h6-7,22H,4H2,1-3H3. The van der Waals surface area contributed by atoms with E-state index in [2.05, 4.69) is 31.9 Å².